The lowest BCUT2D eigenvalue weighted by atomic mass is 10.1. The fraction of sp³-hybridized carbons (Fsp3) is 0.429. The van der Waals surface area contributed by atoms with Gasteiger partial charge in [0, 0.05) is 11.1 Å². The molecule has 0 amide bonds. The molecule has 4 nitrogen and oxygen atoms in total. The van der Waals surface area contributed by atoms with Gasteiger partial charge in [0.25, 0.3) is 0 Å². The maximum absolute atomic E-state index is 6.07. The zero-order valence-electron chi connectivity index (χ0n) is 11.8. The van der Waals surface area contributed by atoms with Gasteiger partial charge >= 0.3 is 0 Å². The largest absolute Gasteiger partial charge is 0.466 e. The molecule has 0 aliphatic carbocycles. The Morgan fingerprint density at radius 3 is 2.47 bits per heavy atom. The second kappa shape index (κ2) is 5.21. The molecule has 0 saturated carbocycles. The molecule has 1 unspecified atom stereocenters. The van der Waals surface area contributed by atoms with Crippen LogP contribution in [0, 0.1) is 27.7 Å². The molecule has 2 heterocycles. The highest BCUT2D eigenvalue weighted by Gasteiger charge is 2.15. The van der Waals surface area contributed by atoms with Crippen LogP contribution in [0.2, 0.25) is 5.15 Å². The molecule has 19 heavy (non-hydrogen) atoms. The summed E-state index contributed by atoms with van der Waals surface area (Å²) in [5, 5.41) is 3.85. The zero-order valence-corrected chi connectivity index (χ0v) is 12.6. The van der Waals surface area contributed by atoms with Crippen molar-refractivity contribution >= 4 is 17.4 Å². The lowest BCUT2D eigenvalue weighted by molar-refractivity contribution is 0.499. The normalized spacial score (nSPS) is 12.5. The summed E-state index contributed by atoms with van der Waals surface area (Å²) in [6.07, 6.45) is 0. The van der Waals surface area contributed by atoms with Crippen molar-refractivity contribution in [1.29, 1.82) is 0 Å². The summed E-state index contributed by atoms with van der Waals surface area (Å²) >= 11 is 6.07. The maximum atomic E-state index is 6.07. The van der Waals surface area contributed by atoms with Crippen molar-refractivity contribution in [3.8, 4) is 0 Å². The summed E-state index contributed by atoms with van der Waals surface area (Å²) in [5.41, 5.74) is 1.99. The van der Waals surface area contributed by atoms with Crippen molar-refractivity contribution in [1.82, 2.24) is 9.97 Å². The fourth-order valence-electron chi connectivity index (χ4n) is 2.10. The second-order valence-electron chi connectivity index (χ2n) is 4.77. The number of nitrogens with one attached hydrogen (secondary N) is 1. The lowest BCUT2D eigenvalue weighted by Crippen LogP contribution is -2.11. The van der Waals surface area contributed by atoms with E-state index in [1.165, 1.54) is 0 Å². The standard InChI is InChI=1S/C14H18ClN3O/c1-7-6-12(10(4)19-7)9(3)16-14-8(2)13(15)17-11(5)18-14/h6,9H,1-5H3,(H,16,17,18). The summed E-state index contributed by atoms with van der Waals surface area (Å²) in [7, 11) is 0. The van der Waals surface area contributed by atoms with Crippen LogP contribution in [0.4, 0.5) is 5.82 Å². The molecule has 1 atom stereocenters. The molecule has 0 fully saturated rings. The van der Waals surface area contributed by atoms with E-state index in [4.69, 9.17) is 16.0 Å². The number of aromatic nitrogens is 2. The molecular weight excluding hydrogens is 262 g/mol. The molecule has 2 aromatic heterocycles. The molecule has 2 rings (SSSR count). The fourth-order valence-corrected chi connectivity index (χ4v) is 2.31. The summed E-state index contributed by atoms with van der Waals surface area (Å²) in [6.45, 7) is 9.71. The number of rotatable bonds is 3. The first-order valence-electron chi connectivity index (χ1n) is 6.22. The van der Waals surface area contributed by atoms with Crippen LogP contribution in [-0.4, -0.2) is 9.97 Å². The third-order valence-corrected chi connectivity index (χ3v) is 3.47. The highest BCUT2D eigenvalue weighted by molar-refractivity contribution is 6.30. The minimum absolute atomic E-state index is 0.0986. The van der Waals surface area contributed by atoms with E-state index in [9.17, 15) is 0 Å². The molecule has 2 aromatic rings. The Hall–Kier alpha value is -1.55. The highest BCUT2D eigenvalue weighted by Crippen LogP contribution is 2.27. The predicted octanol–water partition coefficient (Wildman–Crippen LogP) is 4.13. The van der Waals surface area contributed by atoms with E-state index in [0.29, 0.717) is 11.0 Å². The van der Waals surface area contributed by atoms with Gasteiger partial charge in [0.2, 0.25) is 0 Å². The number of furan rings is 1. The summed E-state index contributed by atoms with van der Waals surface area (Å²) in [6, 6.07) is 2.14. The minimum Gasteiger partial charge on any atom is -0.466 e. The van der Waals surface area contributed by atoms with Gasteiger partial charge in [-0.25, -0.2) is 9.97 Å². The van der Waals surface area contributed by atoms with E-state index in [2.05, 4.69) is 22.2 Å². The van der Waals surface area contributed by atoms with Crippen molar-refractivity contribution in [3.63, 3.8) is 0 Å². The molecule has 0 saturated heterocycles. The average molecular weight is 280 g/mol. The van der Waals surface area contributed by atoms with E-state index < -0.39 is 0 Å². The van der Waals surface area contributed by atoms with Crippen molar-refractivity contribution < 1.29 is 4.42 Å². The van der Waals surface area contributed by atoms with E-state index in [1.807, 2.05) is 33.8 Å². The van der Waals surface area contributed by atoms with Gasteiger partial charge in [0.05, 0.1) is 6.04 Å². The SMILES string of the molecule is Cc1nc(Cl)c(C)c(NC(C)c2cc(C)oc2C)n1. The molecule has 5 heteroatoms. The van der Waals surface area contributed by atoms with E-state index in [-0.39, 0.29) is 6.04 Å². The molecule has 1 N–H and O–H groups in total. The first-order valence-corrected chi connectivity index (χ1v) is 6.60. The highest BCUT2D eigenvalue weighted by atomic mass is 35.5. The van der Waals surface area contributed by atoms with Crippen LogP contribution in [0.1, 0.15) is 41.4 Å². The quantitative estimate of drug-likeness (QED) is 0.858. The van der Waals surface area contributed by atoms with Crippen molar-refractivity contribution in [2.45, 2.75) is 40.7 Å². The smallest absolute Gasteiger partial charge is 0.137 e. The van der Waals surface area contributed by atoms with E-state index in [0.717, 1.165) is 28.5 Å². The van der Waals surface area contributed by atoms with Gasteiger partial charge in [-0.1, -0.05) is 11.6 Å². The summed E-state index contributed by atoms with van der Waals surface area (Å²) < 4.78 is 5.55. The number of halogens is 1. The second-order valence-corrected chi connectivity index (χ2v) is 5.13. The Kier molecular flexibility index (Phi) is 3.80. The van der Waals surface area contributed by atoms with Gasteiger partial charge in [-0.2, -0.15) is 0 Å². The minimum atomic E-state index is 0.0986. The molecule has 0 bridgehead atoms. The Bertz CT molecular complexity index is 607. The van der Waals surface area contributed by atoms with Crippen molar-refractivity contribution in [2.75, 3.05) is 5.32 Å². The number of anilines is 1. The van der Waals surface area contributed by atoms with Crippen LogP contribution in [0.15, 0.2) is 10.5 Å². The van der Waals surface area contributed by atoms with Crippen LogP contribution >= 0.6 is 11.6 Å². The molecule has 0 aliphatic rings. The van der Waals surface area contributed by atoms with Crippen molar-refractivity contribution in [3.05, 3.63) is 39.7 Å². The van der Waals surface area contributed by atoms with Gasteiger partial charge in [-0.3, -0.25) is 0 Å². The van der Waals surface area contributed by atoms with E-state index >= 15 is 0 Å². The third-order valence-electron chi connectivity index (χ3n) is 3.10. The maximum Gasteiger partial charge on any atom is 0.137 e. The lowest BCUT2D eigenvalue weighted by Gasteiger charge is -2.16. The summed E-state index contributed by atoms with van der Waals surface area (Å²) in [5.74, 6) is 3.26. The number of hydrogen-bond donors (Lipinski definition) is 1. The summed E-state index contributed by atoms with van der Waals surface area (Å²) in [4.78, 5) is 8.53. The molecule has 0 radical (unpaired) electrons. The van der Waals surface area contributed by atoms with Crippen LogP contribution in [0.3, 0.4) is 0 Å². The monoisotopic (exact) mass is 279 g/mol. The first kappa shape index (κ1) is 13.9. The first-order chi connectivity index (χ1) is 8.88. The van der Waals surface area contributed by atoms with Crippen LogP contribution in [0.25, 0.3) is 0 Å². The Morgan fingerprint density at radius 2 is 1.89 bits per heavy atom. The number of hydrogen-bond acceptors (Lipinski definition) is 4. The molecular formula is C14H18ClN3O. The van der Waals surface area contributed by atoms with Crippen LogP contribution in [0.5, 0.6) is 0 Å². The topological polar surface area (TPSA) is 51.0 Å². The predicted molar refractivity (Wildman–Crippen MR) is 76.7 cm³/mol. The third kappa shape index (κ3) is 2.89. The van der Waals surface area contributed by atoms with Gasteiger partial charge in [0.1, 0.15) is 28.3 Å². The van der Waals surface area contributed by atoms with Crippen LogP contribution in [-0.2, 0) is 0 Å². The molecule has 0 spiro atoms. The average Bonchev–Trinajstić information content (AvgIpc) is 2.64. The van der Waals surface area contributed by atoms with Crippen molar-refractivity contribution in [2.24, 2.45) is 0 Å². The van der Waals surface area contributed by atoms with Gasteiger partial charge < -0.3 is 9.73 Å². The van der Waals surface area contributed by atoms with Gasteiger partial charge in [-0.05, 0) is 40.7 Å². The number of nitrogens with zero attached hydrogens (tertiary/aromatic N) is 2. The number of aryl methyl sites for hydroxylation is 3. The molecule has 0 aromatic carbocycles. The zero-order chi connectivity index (χ0) is 14.2. The van der Waals surface area contributed by atoms with E-state index in [1.54, 1.807) is 0 Å². The van der Waals surface area contributed by atoms with Gasteiger partial charge in [0.15, 0.2) is 0 Å². The Labute approximate surface area is 118 Å². The Morgan fingerprint density at radius 1 is 1.21 bits per heavy atom. The molecule has 0 aliphatic heterocycles. The molecule has 102 valence electrons. The van der Waals surface area contributed by atoms with Crippen LogP contribution < -0.4 is 5.32 Å². The van der Waals surface area contributed by atoms with Gasteiger partial charge in [-0.15, -0.1) is 0 Å². The Balaban J connectivity index is 2.29.